The highest BCUT2D eigenvalue weighted by molar-refractivity contribution is 5.96. The van der Waals surface area contributed by atoms with Gasteiger partial charge < -0.3 is 10.2 Å². The summed E-state index contributed by atoms with van der Waals surface area (Å²) >= 11 is 0. The van der Waals surface area contributed by atoms with Gasteiger partial charge in [0.25, 0.3) is 5.91 Å². The SMILES string of the molecule is C[C@@H](NC(=O)c1cc(N2CCC(=O)CC2)c2ncnn2c1)c1cccc(C(F)(F)F)c1F. The molecule has 0 radical (unpaired) electrons. The number of nitrogens with zero attached hydrogens (tertiary/aromatic N) is 4. The zero-order valence-corrected chi connectivity index (χ0v) is 17.0. The van der Waals surface area contributed by atoms with E-state index in [4.69, 9.17) is 0 Å². The minimum absolute atomic E-state index is 0.157. The second kappa shape index (κ2) is 8.21. The quantitative estimate of drug-likeness (QED) is 0.617. The smallest absolute Gasteiger partial charge is 0.368 e. The van der Waals surface area contributed by atoms with Gasteiger partial charge in [-0.25, -0.2) is 13.9 Å². The molecular formula is C21H19F4N5O2. The van der Waals surface area contributed by atoms with Gasteiger partial charge in [-0.15, -0.1) is 0 Å². The lowest BCUT2D eigenvalue weighted by Gasteiger charge is -2.28. The summed E-state index contributed by atoms with van der Waals surface area (Å²) in [7, 11) is 0. The Morgan fingerprint density at radius 3 is 2.62 bits per heavy atom. The van der Waals surface area contributed by atoms with E-state index in [1.165, 1.54) is 30.0 Å². The van der Waals surface area contributed by atoms with E-state index < -0.39 is 29.5 Å². The number of carbonyl (C=O) groups is 2. The Kier molecular flexibility index (Phi) is 5.57. The standard InChI is InChI=1S/C21H19F4N5O2/c1-12(15-3-2-4-16(18(15)22)21(23,24)25)28-20(32)13-9-17(19-26-11-27-30(19)10-13)29-7-5-14(31)6-8-29/h2-4,9-12H,5-8H2,1H3,(H,28,32)/t12-/m1/s1. The van der Waals surface area contributed by atoms with Crippen LogP contribution in [0.5, 0.6) is 0 Å². The van der Waals surface area contributed by atoms with E-state index in [9.17, 15) is 27.2 Å². The van der Waals surface area contributed by atoms with Gasteiger partial charge in [0.2, 0.25) is 0 Å². The highest BCUT2D eigenvalue weighted by Gasteiger charge is 2.35. The number of Topliss-reactive ketones (excluding diaryl/α,β-unsaturated/α-hetero) is 1. The first-order valence-corrected chi connectivity index (χ1v) is 9.91. The number of nitrogens with one attached hydrogen (secondary N) is 1. The maximum atomic E-state index is 14.4. The molecule has 11 heteroatoms. The molecule has 0 aliphatic carbocycles. The molecule has 3 heterocycles. The average molecular weight is 449 g/mol. The fourth-order valence-electron chi connectivity index (χ4n) is 3.72. The van der Waals surface area contributed by atoms with Crippen molar-refractivity contribution in [3.8, 4) is 0 Å². The Balaban J connectivity index is 1.61. The van der Waals surface area contributed by atoms with E-state index in [2.05, 4.69) is 15.4 Å². The van der Waals surface area contributed by atoms with Crippen molar-refractivity contribution in [1.29, 1.82) is 0 Å². The van der Waals surface area contributed by atoms with Crippen LogP contribution in [-0.4, -0.2) is 39.4 Å². The maximum Gasteiger partial charge on any atom is 0.419 e. The summed E-state index contributed by atoms with van der Waals surface area (Å²) in [5.41, 5.74) is -0.366. The lowest BCUT2D eigenvalue weighted by atomic mass is 10.0. The molecule has 3 aromatic rings. The summed E-state index contributed by atoms with van der Waals surface area (Å²) in [5, 5.41) is 6.61. The molecule has 1 N–H and O–H groups in total. The van der Waals surface area contributed by atoms with Crippen LogP contribution in [-0.2, 0) is 11.0 Å². The summed E-state index contributed by atoms with van der Waals surface area (Å²) in [6.07, 6.45) is -1.32. The van der Waals surface area contributed by atoms with Crippen molar-refractivity contribution >= 4 is 23.0 Å². The fraction of sp³-hybridized carbons (Fsp3) is 0.333. The van der Waals surface area contributed by atoms with E-state index in [1.807, 2.05) is 4.90 Å². The molecule has 2 aromatic heterocycles. The van der Waals surface area contributed by atoms with Crippen molar-refractivity contribution in [3.63, 3.8) is 0 Å². The van der Waals surface area contributed by atoms with E-state index in [1.54, 1.807) is 6.07 Å². The first-order valence-electron chi connectivity index (χ1n) is 9.91. The zero-order valence-electron chi connectivity index (χ0n) is 17.0. The summed E-state index contributed by atoms with van der Waals surface area (Å²) < 4.78 is 54.9. The van der Waals surface area contributed by atoms with Crippen LogP contribution in [0.1, 0.15) is 47.3 Å². The first-order chi connectivity index (χ1) is 15.1. The van der Waals surface area contributed by atoms with Crippen LogP contribution >= 0.6 is 0 Å². The van der Waals surface area contributed by atoms with Gasteiger partial charge in [-0.1, -0.05) is 12.1 Å². The van der Waals surface area contributed by atoms with E-state index in [0.29, 0.717) is 43.3 Å². The van der Waals surface area contributed by atoms with Crippen molar-refractivity contribution in [1.82, 2.24) is 19.9 Å². The van der Waals surface area contributed by atoms with Crippen molar-refractivity contribution in [3.05, 3.63) is 59.3 Å². The van der Waals surface area contributed by atoms with Gasteiger partial charge in [0.1, 0.15) is 17.9 Å². The monoisotopic (exact) mass is 449 g/mol. The third-order valence-electron chi connectivity index (χ3n) is 5.43. The van der Waals surface area contributed by atoms with Crippen molar-refractivity contribution in [2.45, 2.75) is 32.0 Å². The van der Waals surface area contributed by atoms with Gasteiger partial charge in [-0.2, -0.15) is 18.3 Å². The molecule has 1 aliphatic rings. The molecule has 32 heavy (non-hydrogen) atoms. The van der Waals surface area contributed by atoms with Gasteiger partial charge in [0.05, 0.1) is 22.9 Å². The number of pyridine rings is 1. The Morgan fingerprint density at radius 2 is 1.94 bits per heavy atom. The highest BCUT2D eigenvalue weighted by Crippen LogP contribution is 2.34. The molecule has 4 rings (SSSR count). The topological polar surface area (TPSA) is 79.6 Å². The van der Waals surface area contributed by atoms with Crippen LogP contribution in [0.3, 0.4) is 0 Å². The highest BCUT2D eigenvalue weighted by atomic mass is 19.4. The molecule has 1 saturated heterocycles. The summed E-state index contributed by atoms with van der Waals surface area (Å²) in [5.74, 6) is -1.87. The van der Waals surface area contributed by atoms with Crippen LogP contribution < -0.4 is 10.2 Å². The summed E-state index contributed by atoms with van der Waals surface area (Å²) in [4.78, 5) is 30.6. The van der Waals surface area contributed by atoms with E-state index in [0.717, 1.165) is 6.07 Å². The van der Waals surface area contributed by atoms with Gasteiger partial charge in [-0.3, -0.25) is 9.59 Å². The number of piperidine rings is 1. The Hall–Kier alpha value is -3.50. The van der Waals surface area contributed by atoms with Gasteiger partial charge in [0.15, 0.2) is 5.65 Å². The Morgan fingerprint density at radius 1 is 1.22 bits per heavy atom. The average Bonchev–Trinajstić information content (AvgIpc) is 3.21. The van der Waals surface area contributed by atoms with Crippen LogP contribution in [0.2, 0.25) is 0 Å². The third-order valence-corrected chi connectivity index (χ3v) is 5.43. The summed E-state index contributed by atoms with van der Waals surface area (Å²) in [6.45, 7) is 2.35. The van der Waals surface area contributed by atoms with Crippen LogP contribution in [0, 0.1) is 5.82 Å². The molecule has 1 aliphatic heterocycles. The number of alkyl halides is 3. The fourth-order valence-corrected chi connectivity index (χ4v) is 3.72. The van der Waals surface area contributed by atoms with E-state index >= 15 is 0 Å². The van der Waals surface area contributed by atoms with E-state index in [-0.39, 0.29) is 16.9 Å². The predicted octanol–water partition coefficient (Wildman–Crippen LogP) is 3.55. The van der Waals surface area contributed by atoms with Crippen LogP contribution in [0.25, 0.3) is 5.65 Å². The molecular weight excluding hydrogens is 430 g/mol. The number of halogens is 4. The summed E-state index contributed by atoms with van der Waals surface area (Å²) in [6, 6.07) is 3.52. The molecule has 0 spiro atoms. The lowest BCUT2D eigenvalue weighted by Crippen LogP contribution is -2.34. The molecule has 0 unspecified atom stereocenters. The maximum absolute atomic E-state index is 14.4. The number of rotatable bonds is 4. The molecule has 0 saturated carbocycles. The largest absolute Gasteiger partial charge is 0.419 e. The number of aromatic nitrogens is 3. The second-order valence-electron chi connectivity index (χ2n) is 7.57. The number of benzene rings is 1. The Bertz CT molecular complexity index is 1180. The van der Waals surface area contributed by atoms with Gasteiger partial charge >= 0.3 is 6.18 Å². The number of hydrogen-bond acceptors (Lipinski definition) is 5. The number of carbonyl (C=O) groups excluding carboxylic acids is 2. The molecule has 1 amide bonds. The van der Waals surface area contributed by atoms with Crippen molar-refractivity contribution < 1.29 is 27.2 Å². The number of amides is 1. The first kappa shape index (κ1) is 21.7. The lowest BCUT2D eigenvalue weighted by molar-refractivity contribution is -0.140. The van der Waals surface area contributed by atoms with Crippen LogP contribution in [0.15, 0.2) is 36.8 Å². The number of ketones is 1. The van der Waals surface area contributed by atoms with Crippen molar-refractivity contribution in [2.75, 3.05) is 18.0 Å². The van der Waals surface area contributed by atoms with Gasteiger partial charge in [0, 0.05) is 37.7 Å². The minimum atomic E-state index is -4.84. The van der Waals surface area contributed by atoms with Crippen molar-refractivity contribution in [2.24, 2.45) is 0 Å². The molecule has 0 bridgehead atoms. The molecule has 1 atom stereocenters. The number of hydrogen-bond donors (Lipinski definition) is 1. The zero-order chi connectivity index (χ0) is 23.0. The molecule has 1 aromatic carbocycles. The number of anilines is 1. The second-order valence-corrected chi connectivity index (χ2v) is 7.57. The third kappa shape index (κ3) is 4.14. The minimum Gasteiger partial charge on any atom is -0.368 e. The normalized spacial score (nSPS) is 15.8. The Labute approximate surface area is 180 Å². The molecule has 1 fully saturated rings. The van der Waals surface area contributed by atoms with Crippen LogP contribution in [0.4, 0.5) is 23.2 Å². The predicted molar refractivity (Wildman–Crippen MR) is 107 cm³/mol. The molecule has 168 valence electrons. The number of fused-ring (bicyclic) bond motifs is 1. The molecule has 7 nitrogen and oxygen atoms in total. The van der Waals surface area contributed by atoms with Gasteiger partial charge in [-0.05, 0) is 19.1 Å².